The first kappa shape index (κ1) is 20.2. The third kappa shape index (κ3) is 5.46. The van der Waals surface area contributed by atoms with Crippen molar-refractivity contribution < 1.29 is 13.2 Å². The van der Waals surface area contributed by atoms with Crippen LogP contribution in [0.5, 0.6) is 0 Å². The Labute approximate surface area is 166 Å². The van der Waals surface area contributed by atoms with Crippen LogP contribution in [0.3, 0.4) is 0 Å². The zero-order chi connectivity index (χ0) is 20.0. The molecule has 0 aliphatic carbocycles. The molecule has 1 saturated heterocycles. The number of urea groups is 1. The number of hydrogen-bond donors (Lipinski definition) is 3. The number of carbonyl (C=O) groups is 1. The molecule has 150 valence electrons. The fraction of sp³-hybridized carbons (Fsp3) is 0.350. The third-order valence-corrected chi connectivity index (χ3v) is 5.73. The highest BCUT2D eigenvalue weighted by Crippen LogP contribution is 2.28. The molecule has 8 heteroatoms. The third-order valence-electron chi connectivity index (χ3n) is 4.80. The minimum atomic E-state index is -3.69. The lowest BCUT2D eigenvalue weighted by Crippen LogP contribution is -2.33. The first-order chi connectivity index (χ1) is 13.4. The summed E-state index contributed by atoms with van der Waals surface area (Å²) in [5.41, 5.74) is 2.77. The molecule has 0 aromatic heterocycles. The number of primary sulfonamides is 1. The molecule has 28 heavy (non-hydrogen) atoms. The van der Waals surface area contributed by atoms with Gasteiger partial charge in [0.15, 0.2) is 0 Å². The van der Waals surface area contributed by atoms with Crippen LogP contribution in [0.1, 0.15) is 24.8 Å². The van der Waals surface area contributed by atoms with Gasteiger partial charge in [-0.15, -0.1) is 0 Å². The van der Waals surface area contributed by atoms with Crippen molar-refractivity contribution in [1.82, 2.24) is 5.32 Å². The molecule has 0 spiro atoms. The summed E-state index contributed by atoms with van der Waals surface area (Å²) in [6.07, 6.45) is 4.19. The van der Waals surface area contributed by atoms with Crippen LogP contribution in [0.25, 0.3) is 0 Å². The normalized spacial score (nSPS) is 14.5. The summed E-state index contributed by atoms with van der Waals surface area (Å²) in [4.78, 5) is 14.7. The topological polar surface area (TPSA) is 105 Å². The molecule has 1 aliphatic rings. The van der Waals surface area contributed by atoms with E-state index in [0.29, 0.717) is 13.0 Å². The monoisotopic (exact) mass is 402 g/mol. The highest BCUT2D eigenvalue weighted by molar-refractivity contribution is 7.89. The van der Waals surface area contributed by atoms with Gasteiger partial charge in [0.25, 0.3) is 0 Å². The first-order valence-electron chi connectivity index (χ1n) is 9.44. The maximum Gasteiger partial charge on any atom is 0.319 e. The molecule has 1 aliphatic heterocycles. The second kappa shape index (κ2) is 9.07. The number of para-hydroxylation sites is 2. The molecule has 3 rings (SSSR count). The maximum absolute atomic E-state index is 12.3. The summed E-state index contributed by atoms with van der Waals surface area (Å²) >= 11 is 0. The summed E-state index contributed by atoms with van der Waals surface area (Å²) in [5, 5.41) is 10.9. The van der Waals surface area contributed by atoms with Crippen molar-refractivity contribution in [2.45, 2.75) is 30.6 Å². The number of anilines is 2. The van der Waals surface area contributed by atoms with E-state index in [9.17, 15) is 13.2 Å². The van der Waals surface area contributed by atoms with E-state index in [1.165, 1.54) is 31.4 Å². The average molecular weight is 403 g/mol. The van der Waals surface area contributed by atoms with E-state index in [0.717, 1.165) is 30.0 Å². The molecular formula is C20H26N4O3S. The summed E-state index contributed by atoms with van der Waals surface area (Å²) < 4.78 is 22.5. The Bertz CT molecular complexity index is 907. The number of hydrogen-bond acceptors (Lipinski definition) is 4. The summed E-state index contributed by atoms with van der Waals surface area (Å²) in [6, 6.07) is 13.9. The molecule has 0 saturated carbocycles. The Kier molecular flexibility index (Phi) is 6.53. The molecule has 2 aromatic carbocycles. The van der Waals surface area contributed by atoms with Gasteiger partial charge < -0.3 is 15.5 Å². The smallest absolute Gasteiger partial charge is 0.319 e. The number of nitrogens with two attached hydrogens (primary N) is 1. The lowest BCUT2D eigenvalue weighted by molar-refractivity contribution is 0.252. The summed E-state index contributed by atoms with van der Waals surface area (Å²) in [6.45, 7) is 2.45. The van der Waals surface area contributed by atoms with E-state index in [1.807, 2.05) is 24.3 Å². The number of benzene rings is 2. The highest BCUT2D eigenvalue weighted by atomic mass is 32.2. The van der Waals surface area contributed by atoms with Gasteiger partial charge in [0, 0.05) is 19.6 Å². The number of rotatable bonds is 6. The molecule has 0 radical (unpaired) electrons. The van der Waals surface area contributed by atoms with Crippen LogP contribution >= 0.6 is 0 Å². The molecule has 0 bridgehead atoms. The molecule has 7 nitrogen and oxygen atoms in total. The second-order valence-corrected chi connectivity index (χ2v) is 8.45. The van der Waals surface area contributed by atoms with E-state index < -0.39 is 10.0 Å². The van der Waals surface area contributed by atoms with E-state index in [4.69, 9.17) is 5.14 Å². The van der Waals surface area contributed by atoms with E-state index in [1.54, 1.807) is 12.1 Å². The van der Waals surface area contributed by atoms with Crippen molar-refractivity contribution in [3.05, 3.63) is 54.1 Å². The van der Waals surface area contributed by atoms with Crippen LogP contribution in [-0.2, 0) is 16.4 Å². The SMILES string of the molecule is NS(=O)(=O)c1ccc(CCNC(=O)Nc2ccccc2N2CCCCC2)cc1. The molecule has 0 unspecified atom stereocenters. The molecule has 1 heterocycles. The maximum atomic E-state index is 12.3. The number of amides is 2. The predicted molar refractivity (Wildman–Crippen MR) is 111 cm³/mol. The molecule has 2 aromatic rings. The van der Waals surface area contributed by atoms with Gasteiger partial charge in [-0.2, -0.15) is 0 Å². The zero-order valence-electron chi connectivity index (χ0n) is 15.7. The van der Waals surface area contributed by atoms with E-state index >= 15 is 0 Å². The molecule has 2 amide bonds. The second-order valence-electron chi connectivity index (χ2n) is 6.88. The Balaban J connectivity index is 1.52. The van der Waals surface area contributed by atoms with E-state index in [-0.39, 0.29) is 10.9 Å². The van der Waals surface area contributed by atoms with Gasteiger partial charge in [0.05, 0.1) is 16.3 Å². The average Bonchev–Trinajstić information content (AvgIpc) is 2.69. The van der Waals surface area contributed by atoms with Crippen molar-refractivity contribution in [2.24, 2.45) is 5.14 Å². The Morgan fingerprint density at radius 1 is 1.00 bits per heavy atom. The van der Waals surface area contributed by atoms with Crippen LogP contribution < -0.4 is 20.7 Å². The fourth-order valence-electron chi connectivity index (χ4n) is 3.32. The van der Waals surface area contributed by atoms with Crippen molar-refractivity contribution >= 4 is 27.4 Å². The Morgan fingerprint density at radius 3 is 2.36 bits per heavy atom. The van der Waals surface area contributed by atoms with Gasteiger partial charge in [0.1, 0.15) is 0 Å². The quantitative estimate of drug-likeness (QED) is 0.691. The van der Waals surface area contributed by atoms with Gasteiger partial charge in [-0.1, -0.05) is 24.3 Å². The number of nitrogens with zero attached hydrogens (tertiary/aromatic N) is 1. The number of nitrogens with one attached hydrogen (secondary N) is 2. The van der Waals surface area contributed by atoms with Gasteiger partial charge in [-0.25, -0.2) is 18.4 Å². The molecule has 4 N–H and O–H groups in total. The Hall–Kier alpha value is -2.58. The van der Waals surface area contributed by atoms with Crippen LogP contribution in [-0.4, -0.2) is 34.1 Å². The van der Waals surface area contributed by atoms with Crippen molar-refractivity contribution in [3.8, 4) is 0 Å². The summed E-state index contributed by atoms with van der Waals surface area (Å²) in [5.74, 6) is 0. The minimum absolute atomic E-state index is 0.0799. The van der Waals surface area contributed by atoms with Crippen LogP contribution in [0.4, 0.5) is 16.2 Å². The van der Waals surface area contributed by atoms with Gasteiger partial charge in [-0.05, 0) is 55.5 Å². The van der Waals surface area contributed by atoms with E-state index in [2.05, 4.69) is 15.5 Å². The van der Waals surface area contributed by atoms with Crippen molar-refractivity contribution in [3.63, 3.8) is 0 Å². The Morgan fingerprint density at radius 2 is 1.68 bits per heavy atom. The largest absolute Gasteiger partial charge is 0.370 e. The predicted octanol–water partition coefficient (Wildman–Crippen LogP) is 2.69. The number of carbonyl (C=O) groups excluding carboxylic acids is 1. The van der Waals surface area contributed by atoms with Crippen molar-refractivity contribution in [2.75, 3.05) is 29.9 Å². The lowest BCUT2D eigenvalue weighted by atomic mass is 10.1. The number of sulfonamides is 1. The van der Waals surface area contributed by atoms with Gasteiger partial charge >= 0.3 is 6.03 Å². The first-order valence-corrected chi connectivity index (χ1v) is 11.0. The highest BCUT2D eigenvalue weighted by Gasteiger charge is 2.15. The summed E-state index contributed by atoms with van der Waals surface area (Å²) in [7, 11) is -3.69. The molecule has 1 fully saturated rings. The van der Waals surface area contributed by atoms with Gasteiger partial charge in [0.2, 0.25) is 10.0 Å². The lowest BCUT2D eigenvalue weighted by Gasteiger charge is -2.30. The zero-order valence-corrected chi connectivity index (χ0v) is 16.5. The van der Waals surface area contributed by atoms with Crippen LogP contribution in [0, 0.1) is 0 Å². The fourth-order valence-corrected chi connectivity index (χ4v) is 3.84. The minimum Gasteiger partial charge on any atom is -0.370 e. The van der Waals surface area contributed by atoms with Gasteiger partial charge in [-0.3, -0.25) is 0 Å². The molecule has 0 atom stereocenters. The standard InChI is InChI=1S/C20H26N4O3S/c21-28(26,27)17-10-8-16(9-11-17)12-13-22-20(25)23-18-6-2-3-7-19(18)24-14-4-1-5-15-24/h2-3,6-11H,1,4-5,12-15H2,(H2,21,26,27)(H2,22,23,25). The number of piperidine rings is 1. The van der Waals surface area contributed by atoms with Crippen LogP contribution in [0.2, 0.25) is 0 Å². The molecular weight excluding hydrogens is 376 g/mol. The van der Waals surface area contributed by atoms with Crippen LogP contribution in [0.15, 0.2) is 53.4 Å². The van der Waals surface area contributed by atoms with Crippen molar-refractivity contribution in [1.29, 1.82) is 0 Å².